The van der Waals surface area contributed by atoms with Crippen LogP contribution in [0.2, 0.25) is 0 Å². The molecule has 0 radical (unpaired) electrons. The van der Waals surface area contributed by atoms with Gasteiger partial charge in [0, 0.05) is 6.04 Å². The third-order valence-electron chi connectivity index (χ3n) is 3.78. The van der Waals surface area contributed by atoms with Crippen molar-refractivity contribution in [3.8, 4) is 0 Å². The minimum atomic E-state index is 0.471. The van der Waals surface area contributed by atoms with E-state index in [0.29, 0.717) is 11.7 Å². The maximum atomic E-state index is 10.8. The van der Waals surface area contributed by atoms with Crippen molar-refractivity contribution >= 4 is 6.29 Å². The smallest absolute Gasteiger partial charge is 0.168 e. The number of hydrogen-bond donors (Lipinski definition) is 0. The lowest BCUT2D eigenvalue weighted by atomic mass is 9.79. The van der Waals surface area contributed by atoms with Crippen LogP contribution in [0.25, 0.3) is 0 Å². The van der Waals surface area contributed by atoms with E-state index in [4.69, 9.17) is 0 Å². The number of carbonyl (C=O) groups is 1. The van der Waals surface area contributed by atoms with Crippen LogP contribution in [0.1, 0.15) is 49.6 Å². The van der Waals surface area contributed by atoms with E-state index in [0.717, 1.165) is 18.1 Å². The van der Waals surface area contributed by atoms with Crippen LogP contribution in [0.5, 0.6) is 0 Å². The molecule has 1 aromatic heterocycles. The minimum absolute atomic E-state index is 0.471. The maximum Gasteiger partial charge on any atom is 0.168 e. The lowest BCUT2D eigenvalue weighted by molar-refractivity contribution is 0.110. The first-order valence-electron chi connectivity index (χ1n) is 5.69. The summed E-state index contributed by atoms with van der Waals surface area (Å²) in [7, 11) is 0. The third kappa shape index (κ3) is 1.96. The minimum Gasteiger partial charge on any atom is -0.325 e. The Labute approximate surface area is 90.5 Å². The number of aldehydes is 1. The lowest BCUT2D eigenvalue weighted by Crippen LogP contribution is -2.23. The monoisotopic (exact) mass is 206 g/mol. The predicted molar refractivity (Wildman–Crippen MR) is 58.8 cm³/mol. The first kappa shape index (κ1) is 10.4. The fraction of sp³-hybridized carbons (Fsp3) is 0.667. The van der Waals surface area contributed by atoms with Crippen molar-refractivity contribution in [2.75, 3.05) is 0 Å². The first-order chi connectivity index (χ1) is 7.22. The molecule has 3 unspecified atom stereocenters. The SMILES string of the molecule is CC1CCC(n2cncc2C=O)CC1C. The first-order valence-corrected chi connectivity index (χ1v) is 5.69. The van der Waals surface area contributed by atoms with E-state index in [9.17, 15) is 4.79 Å². The second-order valence-corrected chi connectivity index (χ2v) is 4.77. The highest BCUT2D eigenvalue weighted by atomic mass is 16.1. The number of nitrogens with zero attached hydrogens (tertiary/aromatic N) is 2. The molecule has 0 amide bonds. The van der Waals surface area contributed by atoms with Gasteiger partial charge in [-0.05, 0) is 31.1 Å². The van der Waals surface area contributed by atoms with Gasteiger partial charge in [0.05, 0.1) is 12.5 Å². The second kappa shape index (κ2) is 4.17. The molecule has 1 saturated carbocycles. The van der Waals surface area contributed by atoms with E-state index < -0.39 is 0 Å². The summed E-state index contributed by atoms with van der Waals surface area (Å²) in [5, 5.41) is 0. The zero-order valence-electron chi connectivity index (χ0n) is 9.39. The Balaban J connectivity index is 2.15. The molecular weight excluding hydrogens is 188 g/mol. The highest BCUT2D eigenvalue weighted by molar-refractivity contribution is 5.71. The molecule has 2 rings (SSSR count). The van der Waals surface area contributed by atoms with Crippen LogP contribution >= 0.6 is 0 Å². The molecule has 3 atom stereocenters. The summed E-state index contributed by atoms with van der Waals surface area (Å²) < 4.78 is 2.04. The van der Waals surface area contributed by atoms with Gasteiger partial charge in [-0.2, -0.15) is 0 Å². The Morgan fingerprint density at radius 3 is 2.87 bits per heavy atom. The third-order valence-corrected chi connectivity index (χ3v) is 3.78. The van der Waals surface area contributed by atoms with Gasteiger partial charge in [0.1, 0.15) is 5.69 Å². The Morgan fingerprint density at radius 2 is 2.20 bits per heavy atom. The normalized spacial score (nSPS) is 31.5. The average molecular weight is 206 g/mol. The topological polar surface area (TPSA) is 34.9 Å². The fourth-order valence-corrected chi connectivity index (χ4v) is 2.48. The average Bonchev–Trinajstić information content (AvgIpc) is 2.70. The van der Waals surface area contributed by atoms with Crippen LogP contribution in [0, 0.1) is 11.8 Å². The zero-order chi connectivity index (χ0) is 10.8. The standard InChI is InChI=1S/C12H18N2O/c1-9-3-4-11(5-10(9)2)14-8-13-6-12(14)7-15/h6-11H,3-5H2,1-2H3. The summed E-state index contributed by atoms with van der Waals surface area (Å²) in [6.45, 7) is 4.61. The molecule has 3 nitrogen and oxygen atoms in total. The molecule has 0 aliphatic heterocycles. The predicted octanol–water partition coefficient (Wildman–Crippen LogP) is 2.69. The quantitative estimate of drug-likeness (QED) is 0.697. The van der Waals surface area contributed by atoms with Crippen molar-refractivity contribution in [3.05, 3.63) is 18.2 Å². The summed E-state index contributed by atoms with van der Waals surface area (Å²) in [5.41, 5.74) is 0.710. The van der Waals surface area contributed by atoms with Crippen molar-refractivity contribution in [1.82, 2.24) is 9.55 Å². The van der Waals surface area contributed by atoms with E-state index in [-0.39, 0.29) is 0 Å². The van der Waals surface area contributed by atoms with Crippen LogP contribution in [0.3, 0.4) is 0 Å². The molecule has 15 heavy (non-hydrogen) atoms. The molecule has 1 aliphatic rings. The van der Waals surface area contributed by atoms with Crippen molar-refractivity contribution in [1.29, 1.82) is 0 Å². The van der Waals surface area contributed by atoms with Crippen molar-refractivity contribution < 1.29 is 4.79 Å². The molecule has 82 valence electrons. The van der Waals surface area contributed by atoms with Gasteiger partial charge in [-0.25, -0.2) is 4.98 Å². The van der Waals surface area contributed by atoms with E-state index in [1.807, 2.05) is 4.57 Å². The lowest BCUT2D eigenvalue weighted by Gasteiger charge is -2.33. The molecule has 0 N–H and O–H groups in total. The molecule has 3 heteroatoms. The highest BCUT2D eigenvalue weighted by Crippen LogP contribution is 2.36. The highest BCUT2D eigenvalue weighted by Gasteiger charge is 2.26. The van der Waals surface area contributed by atoms with Crippen LogP contribution in [-0.2, 0) is 0 Å². The molecule has 0 bridgehead atoms. The molecule has 1 heterocycles. The van der Waals surface area contributed by atoms with Crippen molar-refractivity contribution in [3.63, 3.8) is 0 Å². The van der Waals surface area contributed by atoms with Gasteiger partial charge in [0.25, 0.3) is 0 Å². The van der Waals surface area contributed by atoms with E-state index >= 15 is 0 Å². The van der Waals surface area contributed by atoms with Gasteiger partial charge in [-0.3, -0.25) is 4.79 Å². The Kier molecular flexibility index (Phi) is 2.89. The van der Waals surface area contributed by atoms with Gasteiger partial charge in [-0.1, -0.05) is 13.8 Å². The van der Waals surface area contributed by atoms with Gasteiger partial charge in [-0.15, -0.1) is 0 Å². The van der Waals surface area contributed by atoms with Crippen LogP contribution in [0.4, 0.5) is 0 Å². The number of rotatable bonds is 2. The second-order valence-electron chi connectivity index (χ2n) is 4.77. The molecule has 0 aromatic carbocycles. The Bertz CT molecular complexity index is 345. The fourth-order valence-electron chi connectivity index (χ4n) is 2.48. The zero-order valence-corrected chi connectivity index (χ0v) is 9.39. The van der Waals surface area contributed by atoms with Gasteiger partial charge in [0.15, 0.2) is 6.29 Å². The molecule has 1 aromatic rings. The number of hydrogen-bond acceptors (Lipinski definition) is 2. The van der Waals surface area contributed by atoms with Crippen LogP contribution < -0.4 is 0 Å². The van der Waals surface area contributed by atoms with Gasteiger partial charge < -0.3 is 4.57 Å². The molecule has 1 aliphatic carbocycles. The number of carbonyl (C=O) groups excluding carboxylic acids is 1. The molecule has 0 spiro atoms. The van der Waals surface area contributed by atoms with Gasteiger partial charge >= 0.3 is 0 Å². The molecule has 0 saturated heterocycles. The van der Waals surface area contributed by atoms with Gasteiger partial charge in [0.2, 0.25) is 0 Å². The van der Waals surface area contributed by atoms with Crippen LogP contribution in [-0.4, -0.2) is 15.8 Å². The summed E-state index contributed by atoms with van der Waals surface area (Å²) in [6, 6.07) is 0.471. The summed E-state index contributed by atoms with van der Waals surface area (Å²) in [6.07, 6.45) is 7.92. The van der Waals surface area contributed by atoms with Crippen molar-refractivity contribution in [2.24, 2.45) is 11.8 Å². The van der Waals surface area contributed by atoms with E-state index in [1.165, 1.54) is 19.3 Å². The van der Waals surface area contributed by atoms with Crippen molar-refractivity contribution in [2.45, 2.75) is 39.2 Å². The Morgan fingerprint density at radius 1 is 1.40 bits per heavy atom. The molecule has 1 fully saturated rings. The summed E-state index contributed by atoms with van der Waals surface area (Å²) >= 11 is 0. The maximum absolute atomic E-state index is 10.8. The largest absolute Gasteiger partial charge is 0.325 e. The number of imidazole rings is 1. The summed E-state index contributed by atoms with van der Waals surface area (Å²) in [4.78, 5) is 14.9. The van der Waals surface area contributed by atoms with E-state index in [1.54, 1.807) is 12.5 Å². The van der Waals surface area contributed by atoms with Crippen LogP contribution in [0.15, 0.2) is 12.5 Å². The molecular formula is C12H18N2O. The number of aromatic nitrogens is 2. The van der Waals surface area contributed by atoms with E-state index in [2.05, 4.69) is 18.8 Å². The summed E-state index contributed by atoms with van der Waals surface area (Å²) in [5.74, 6) is 1.55. The Hall–Kier alpha value is -1.12.